The molecule has 4 nitrogen and oxygen atoms in total. The van der Waals surface area contributed by atoms with Gasteiger partial charge in [0.1, 0.15) is 5.75 Å². The first-order valence-corrected chi connectivity index (χ1v) is 6.51. The zero-order valence-corrected chi connectivity index (χ0v) is 11.1. The van der Waals surface area contributed by atoms with Gasteiger partial charge in [-0.25, -0.2) is 0 Å². The highest BCUT2D eigenvalue weighted by molar-refractivity contribution is 6.59. The molecule has 0 unspecified atom stereocenters. The van der Waals surface area contributed by atoms with Crippen LogP contribution in [0, 0.1) is 0 Å². The van der Waals surface area contributed by atoms with Gasteiger partial charge in [-0.1, -0.05) is 36.4 Å². The third kappa shape index (κ3) is 3.84. The minimum absolute atomic E-state index is 0.0111. The summed E-state index contributed by atoms with van der Waals surface area (Å²) in [6, 6.07) is 15.0. The lowest BCUT2D eigenvalue weighted by Gasteiger charge is -2.10. The summed E-state index contributed by atoms with van der Waals surface area (Å²) in [6.07, 6.45) is 0.807. The second-order valence-electron chi connectivity index (χ2n) is 4.50. The molecule has 0 aliphatic rings. The summed E-state index contributed by atoms with van der Waals surface area (Å²) in [5, 5.41) is 25.8. The molecule has 0 radical (unpaired) electrons. The van der Waals surface area contributed by atoms with Crippen molar-refractivity contribution in [3.05, 3.63) is 59.7 Å². The van der Waals surface area contributed by atoms with E-state index in [2.05, 4.69) is 0 Å². The molecule has 0 spiro atoms. The van der Waals surface area contributed by atoms with Gasteiger partial charge in [-0.15, -0.1) is 0 Å². The van der Waals surface area contributed by atoms with Crippen molar-refractivity contribution in [2.24, 2.45) is 0 Å². The topological polar surface area (TPSA) is 72.6 Å². The van der Waals surface area contributed by atoms with E-state index in [0.717, 1.165) is 6.42 Å². The third-order valence-corrected chi connectivity index (χ3v) is 3.09. The van der Waals surface area contributed by atoms with Gasteiger partial charge in [0.2, 0.25) is 0 Å². The van der Waals surface area contributed by atoms with Crippen molar-refractivity contribution in [2.45, 2.75) is 13.0 Å². The normalized spacial score (nSPS) is 10.3. The third-order valence-electron chi connectivity index (χ3n) is 3.09. The minimum Gasteiger partial charge on any atom is -0.493 e. The molecule has 0 fully saturated rings. The Balaban J connectivity index is 1.96. The highest BCUT2D eigenvalue weighted by Gasteiger charge is 2.17. The van der Waals surface area contributed by atoms with Crippen LogP contribution in [0.4, 0.5) is 0 Å². The molecule has 0 bridgehead atoms. The van der Waals surface area contributed by atoms with Crippen LogP contribution in [0.2, 0.25) is 0 Å². The Labute approximate surface area is 118 Å². The summed E-state index contributed by atoms with van der Waals surface area (Å²) < 4.78 is 5.64. The van der Waals surface area contributed by atoms with Crippen LogP contribution in [-0.2, 0) is 13.0 Å². The Kier molecular flexibility index (Phi) is 5.18. The van der Waals surface area contributed by atoms with Gasteiger partial charge in [-0.2, -0.15) is 0 Å². The second kappa shape index (κ2) is 7.10. The van der Waals surface area contributed by atoms with Crippen LogP contribution in [0.15, 0.2) is 48.5 Å². The Morgan fingerprint density at radius 1 is 1.05 bits per heavy atom. The molecule has 5 heteroatoms. The van der Waals surface area contributed by atoms with E-state index in [4.69, 9.17) is 9.84 Å². The molecule has 0 saturated heterocycles. The van der Waals surface area contributed by atoms with E-state index < -0.39 is 7.12 Å². The van der Waals surface area contributed by atoms with Gasteiger partial charge in [-0.05, 0) is 23.2 Å². The van der Waals surface area contributed by atoms with Crippen molar-refractivity contribution in [1.29, 1.82) is 0 Å². The highest BCUT2D eigenvalue weighted by Crippen LogP contribution is 2.13. The van der Waals surface area contributed by atoms with Crippen molar-refractivity contribution in [3.8, 4) is 5.75 Å². The summed E-state index contributed by atoms with van der Waals surface area (Å²) in [7, 11) is -1.55. The number of benzene rings is 2. The van der Waals surface area contributed by atoms with E-state index in [-0.39, 0.29) is 6.61 Å². The summed E-state index contributed by atoms with van der Waals surface area (Å²) in [4.78, 5) is 0. The Morgan fingerprint density at radius 3 is 2.45 bits per heavy atom. The first-order chi connectivity index (χ1) is 9.70. The molecule has 2 rings (SSSR count). The average Bonchev–Trinajstić information content (AvgIpc) is 2.48. The molecular weight excluding hydrogens is 255 g/mol. The van der Waals surface area contributed by atoms with Crippen LogP contribution >= 0.6 is 0 Å². The van der Waals surface area contributed by atoms with Crippen molar-refractivity contribution < 1.29 is 19.9 Å². The van der Waals surface area contributed by atoms with E-state index in [9.17, 15) is 10.0 Å². The lowest BCUT2D eigenvalue weighted by Crippen LogP contribution is -2.33. The molecule has 0 saturated carbocycles. The van der Waals surface area contributed by atoms with Crippen LogP contribution in [0.3, 0.4) is 0 Å². The van der Waals surface area contributed by atoms with Gasteiger partial charge in [0.25, 0.3) is 0 Å². The van der Waals surface area contributed by atoms with E-state index in [0.29, 0.717) is 23.4 Å². The van der Waals surface area contributed by atoms with Crippen LogP contribution in [-0.4, -0.2) is 28.9 Å². The van der Waals surface area contributed by atoms with Gasteiger partial charge >= 0.3 is 7.12 Å². The minimum atomic E-state index is -1.55. The van der Waals surface area contributed by atoms with Crippen molar-refractivity contribution >= 4 is 12.6 Å². The SMILES string of the molecule is OB(O)c1ccc(OCCc2ccccc2)cc1C[OH2+]. The van der Waals surface area contributed by atoms with Crippen LogP contribution < -0.4 is 10.2 Å². The molecule has 2 aromatic rings. The summed E-state index contributed by atoms with van der Waals surface area (Å²) in [5.74, 6) is 0.646. The molecule has 0 amide bonds. The molecule has 0 heterocycles. The van der Waals surface area contributed by atoms with E-state index >= 15 is 0 Å². The fourth-order valence-electron chi connectivity index (χ4n) is 2.01. The maximum absolute atomic E-state index is 9.18. The second-order valence-corrected chi connectivity index (χ2v) is 4.50. The summed E-state index contributed by atoms with van der Waals surface area (Å²) >= 11 is 0. The zero-order valence-electron chi connectivity index (χ0n) is 11.1. The molecule has 0 aromatic heterocycles. The van der Waals surface area contributed by atoms with E-state index in [1.807, 2.05) is 30.3 Å². The van der Waals surface area contributed by atoms with Gasteiger partial charge in [0, 0.05) is 12.0 Å². The van der Waals surface area contributed by atoms with Gasteiger partial charge in [0.15, 0.2) is 6.61 Å². The maximum Gasteiger partial charge on any atom is 0.489 e. The van der Waals surface area contributed by atoms with Crippen molar-refractivity contribution in [1.82, 2.24) is 0 Å². The lowest BCUT2D eigenvalue weighted by molar-refractivity contribution is 0.279. The first-order valence-electron chi connectivity index (χ1n) is 6.51. The average molecular weight is 273 g/mol. The largest absolute Gasteiger partial charge is 0.493 e. The predicted molar refractivity (Wildman–Crippen MR) is 79.2 cm³/mol. The van der Waals surface area contributed by atoms with E-state index in [1.54, 1.807) is 18.2 Å². The van der Waals surface area contributed by atoms with E-state index in [1.165, 1.54) is 5.56 Å². The van der Waals surface area contributed by atoms with Gasteiger partial charge in [0.05, 0.1) is 6.61 Å². The Morgan fingerprint density at radius 2 is 1.80 bits per heavy atom. The fraction of sp³-hybridized carbons (Fsp3) is 0.200. The molecule has 2 aromatic carbocycles. The maximum atomic E-state index is 9.18. The molecular formula is C15H18BO4+. The van der Waals surface area contributed by atoms with Crippen LogP contribution in [0.1, 0.15) is 11.1 Å². The molecule has 20 heavy (non-hydrogen) atoms. The summed E-state index contributed by atoms with van der Waals surface area (Å²) in [5.41, 5.74) is 2.13. The number of hydrogen-bond donors (Lipinski definition) is 2. The summed E-state index contributed by atoms with van der Waals surface area (Å²) in [6.45, 7) is 0.533. The van der Waals surface area contributed by atoms with Crippen molar-refractivity contribution in [2.75, 3.05) is 6.61 Å². The molecule has 0 aliphatic heterocycles. The molecule has 4 N–H and O–H groups in total. The fourth-order valence-corrected chi connectivity index (χ4v) is 2.01. The standard InChI is InChI=1S/C15H17BO4/c17-11-13-10-14(6-7-15(13)16(18)19)20-9-8-12-4-2-1-3-5-12/h1-7,10,17-19H,8-9,11H2/p+1. The predicted octanol–water partition coefficient (Wildman–Crippen LogP) is 0.212. The van der Waals surface area contributed by atoms with Crippen LogP contribution in [0.5, 0.6) is 5.75 Å². The quantitative estimate of drug-likeness (QED) is 0.584. The highest BCUT2D eigenvalue weighted by atomic mass is 16.5. The lowest BCUT2D eigenvalue weighted by atomic mass is 9.77. The smallest absolute Gasteiger partial charge is 0.489 e. The Hall–Kier alpha value is -1.82. The molecule has 0 aliphatic carbocycles. The van der Waals surface area contributed by atoms with Gasteiger partial charge < -0.3 is 19.9 Å². The van der Waals surface area contributed by atoms with Gasteiger partial charge in [-0.3, -0.25) is 0 Å². The number of ether oxygens (including phenoxy) is 1. The number of rotatable bonds is 6. The molecule has 0 atom stereocenters. The number of hydrogen-bond acceptors (Lipinski definition) is 3. The first kappa shape index (κ1) is 14.6. The molecule has 104 valence electrons. The monoisotopic (exact) mass is 273 g/mol. The zero-order chi connectivity index (χ0) is 14.4. The van der Waals surface area contributed by atoms with Crippen LogP contribution in [0.25, 0.3) is 0 Å². The van der Waals surface area contributed by atoms with Crippen molar-refractivity contribution in [3.63, 3.8) is 0 Å². The Bertz CT molecular complexity index is 543.